The molecule has 3 heteroatoms. The molecule has 0 aromatic heterocycles. The van der Waals surface area contributed by atoms with Crippen LogP contribution in [0.5, 0.6) is 0 Å². The van der Waals surface area contributed by atoms with Crippen LogP contribution in [0.2, 0.25) is 0 Å². The Morgan fingerprint density at radius 2 is 1.35 bits per heavy atom. The van der Waals surface area contributed by atoms with E-state index in [1.54, 1.807) is 0 Å². The maximum absolute atomic E-state index is 14.0. The minimum atomic E-state index is -2.80. The monoisotopic (exact) mass is 329 g/mol. The van der Waals surface area contributed by atoms with Crippen molar-refractivity contribution in [1.82, 2.24) is 5.09 Å². The molecule has 0 bridgehead atoms. The second-order valence-electron chi connectivity index (χ2n) is 6.04. The summed E-state index contributed by atoms with van der Waals surface area (Å²) in [6.07, 6.45) is 5.58. The fourth-order valence-electron chi connectivity index (χ4n) is 2.90. The molecule has 1 N–H and O–H groups in total. The lowest BCUT2D eigenvalue weighted by molar-refractivity contribution is 0.489. The van der Waals surface area contributed by atoms with Gasteiger partial charge < -0.3 is 0 Å². The van der Waals surface area contributed by atoms with Gasteiger partial charge in [-0.15, -0.1) is 0 Å². The maximum atomic E-state index is 14.0. The average molecular weight is 329 g/mol. The summed E-state index contributed by atoms with van der Waals surface area (Å²) < 4.78 is 14.0. The van der Waals surface area contributed by atoms with Gasteiger partial charge in [0.15, 0.2) is 0 Å². The molecule has 0 unspecified atom stereocenters. The first-order valence-corrected chi connectivity index (χ1v) is 10.4. The molecule has 0 aliphatic heterocycles. The van der Waals surface area contributed by atoms with Gasteiger partial charge in [-0.1, -0.05) is 69.5 Å². The number of unbranched alkanes of at least 4 members (excludes halogenated alkanes) is 1. The van der Waals surface area contributed by atoms with Gasteiger partial charge in [0.1, 0.15) is 0 Å². The summed E-state index contributed by atoms with van der Waals surface area (Å²) in [5.41, 5.74) is 0. The Labute approximate surface area is 140 Å². The fourth-order valence-corrected chi connectivity index (χ4v) is 5.46. The maximum Gasteiger partial charge on any atom is 0.204 e. The standard InChI is InChI=1S/C20H28NOP/c1-3-5-13-18(12-4-2)21-23(22,19-14-8-6-9-15-19)20-16-10-7-11-17-20/h6-11,14-18H,3-5,12-13H2,1-2H3,(H,21,22)/t18-/m0/s1. The summed E-state index contributed by atoms with van der Waals surface area (Å²) in [4.78, 5) is 0. The number of benzene rings is 2. The van der Waals surface area contributed by atoms with Gasteiger partial charge in [0.25, 0.3) is 0 Å². The summed E-state index contributed by atoms with van der Waals surface area (Å²) in [5.74, 6) is 0. The Balaban J connectivity index is 2.36. The minimum Gasteiger partial charge on any atom is -0.297 e. The van der Waals surface area contributed by atoms with Crippen LogP contribution in [0.15, 0.2) is 60.7 Å². The molecule has 0 fully saturated rings. The first-order valence-electron chi connectivity index (χ1n) is 8.69. The quantitative estimate of drug-likeness (QED) is 0.665. The SMILES string of the molecule is CCCC[C@H](CCC)NP(=O)(c1ccccc1)c1ccccc1. The van der Waals surface area contributed by atoms with Gasteiger partial charge in [-0.25, -0.2) is 0 Å². The van der Waals surface area contributed by atoms with Gasteiger partial charge in [-0.3, -0.25) is 9.65 Å². The summed E-state index contributed by atoms with van der Waals surface area (Å²) >= 11 is 0. The molecule has 0 heterocycles. The van der Waals surface area contributed by atoms with E-state index in [4.69, 9.17) is 0 Å². The molecule has 23 heavy (non-hydrogen) atoms. The highest BCUT2D eigenvalue weighted by Gasteiger charge is 2.29. The summed E-state index contributed by atoms with van der Waals surface area (Å²) in [6, 6.07) is 20.0. The third-order valence-electron chi connectivity index (χ3n) is 4.15. The molecule has 1 atom stereocenters. The van der Waals surface area contributed by atoms with Crippen LogP contribution in [0.25, 0.3) is 0 Å². The van der Waals surface area contributed by atoms with E-state index in [0.29, 0.717) is 6.04 Å². The molecule has 0 amide bonds. The lowest BCUT2D eigenvalue weighted by atomic mass is 10.1. The van der Waals surface area contributed by atoms with Crippen molar-refractivity contribution < 1.29 is 4.57 Å². The van der Waals surface area contributed by atoms with Crippen LogP contribution in [0, 0.1) is 0 Å². The van der Waals surface area contributed by atoms with Gasteiger partial charge in [0.05, 0.1) is 0 Å². The highest BCUT2D eigenvalue weighted by atomic mass is 31.2. The summed E-state index contributed by atoms with van der Waals surface area (Å²) in [5, 5.41) is 5.34. The molecule has 0 aliphatic rings. The van der Waals surface area contributed by atoms with Crippen molar-refractivity contribution in [2.24, 2.45) is 0 Å². The van der Waals surface area contributed by atoms with Crippen molar-refractivity contribution >= 4 is 17.9 Å². The Kier molecular flexibility index (Phi) is 7.08. The van der Waals surface area contributed by atoms with Gasteiger partial charge in [-0.05, 0) is 37.1 Å². The molecule has 2 aromatic carbocycles. The predicted octanol–water partition coefficient (Wildman–Crippen LogP) is 4.86. The van der Waals surface area contributed by atoms with Crippen LogP contribution in [0.1, 0.15) is 46.0 Å². The van der Waals surface area contributed by atoms with E-state index < -0.39 is 7.29 Å². The molecular formula is C20H28NOP. The normalized spacial score (nSPS) is 13.0. The van der Waals surface area contributed by atoms with Crippen molar-refractivity contribution in [2.45, 2.75) is 52.0 Å². The van der Waals surface area contributed by atoms with Gasteiger partial charge in [0, 0.05) is 16.7 Å². The Morgan fingerprint density at radius 1 is 0.826 bits per heavy atom. The van der Waals surface area contributed by atoms with E-state index >= 15 is 0 Å². The van der Waals surface area contributed by atoms with E-state index in [1.165, 1.54) is 12.8 Å². The van der Waals surface area contributed by atoms with Crippen molar-refractivity contribution in [2.75, 3.05) is 0 Å². The summed E-state index contributed by atoms with van der Waals surface area (Å²) in [6.45, 7) is 4.40. The van der Waals surface area contributed by atoms with E-state index in [9.17, 15) is 4.57 Å². The smallest absolute Gasteiger partial charge is 0.204 e. The first kappa shape index (κ1) is 18.0. The second kappa shape index (κ2) is 9.05. The van der Waals surface area contributed by atoms with E-state index in [2.05, 4.69) is 18.9 Å². The largest absolute Gasteiger partial charge is 0.297 e. The van der Waals surface area contributed by atoms with Crippen LogP contribution in [-0.4, -0.2) is 6.04 Å². The van der Waals surface area contributed by atoms with Crippen molar-refractivity contribution in [3.05, 3.63) is 60.7 Å². The van der Waals surface area contributed by atoms with Gasteiger partial charge >= 0.3 is 0 Å². The van der Waals surface area contributed by atoms with Gasteiger partial charge in [0.2, 0.25) is 7.29 Å². The molecule has 2 nitrogen and oxygen atoms in total. The third-order valence-corrected chi connectivity index (χ3v) is 6.93. The number of hydrogen-bond donors (Lipinski definition) is 1. The van der Waals surface area contributed by atoms with Crippen LogP contribution < -0.4 is 15.7 Å². The lowest BCUT2D eigenvalue weighted by Crippen LogP contribution is -2.35. The topological polar surface area (TPSA) is 29.1 Å². The zero-order chi connectivity index (χ0) is 16.5. The number of hydrogen-bond acceptors (Lipinski definition) is 1. The molecule has 0 saturated heterocycles. The Hall–Kier alpha value is -1.37. The van der Waals surface area contributed by atoms with Crippen LogP contribution >= 0.6 is 7.29 Å². The third kappa shape index (κ3) is 4.80. The Bertz CT molecular complexity index is 569. The lowest BCUT2D eigenvalue weighted by Gasteiger charge is -2.27. The summed E-state index contributed by atoms with van der Waals surface area (Å²) in [7, 11) is -2.80. The van der Waals surface area contributed by atoms with Crippen LogP contribution in [-0.2, 0) is 4.57 Å². The Morgan fingerprint density at radius 3 is 1.78 bits per heavy atom. The van der Waals surface area contributed by atoms with E-state index in [0.717, 1.165) is 29.9 Å². The average Bonchev–Trinajstić information content (AvgIpc) is 2.61. The first-order chi connectivity index (χ1) is 11.2. The molecular weight excluding hydrogens is 301 g/mol. The molecule has 0 saturated carbocycles. The van der Waals surface area contributed by atoms with Crippen LogP contribution in [0.3, 0.4) is 0 Å². The molecule has 2 rings (SSSR count). The second-order valence-corrected chi connectivity index (χ2v) is 8.55. The van der Waals surface area contributed by atoms with Gasteiger partial charge in [-0.2, -0.15) is 0 Å². The minimum absolute atomic E-state index is 0.297. The van der Waals surface area contributed by atoms with Crippen molar-refractivity contribution in [1.29, 1.82) is 0 Å². The zero-order valence-electron chi connectivity index (χ0n) is 14.2. The number of nitrogens with one attached hydrogen (secondary N) is 1. The van der Waals surface area contributed by atoms with E-state index in [-0.39, 0.29) is 0 Å². The van der Waals surface area contributed by atoms with Crippen molar-refractivity contribution in [3.8, 4) is 0 Å². The highest BCUT2D eigenvalue weighted by Crippen LogP contribution is 2.40. The molecule has 0 radical (unpaired) electrons. The fraction of sp³-hybridized carbons (Fsp3) is 0.400. The van der Waals surface area contributed by atoms with Crippen molar-refractivity contribution in [3.63, 3.8) is 0 Å². The van der Waals surface area contributed by atoms with E-state index in [1.807, 2.05) is 60.7 Å². The predicted molar refractivity (Wildman–Crippen MR) is 101 cm³/mol. The molecule has 124 valence electrons. The van der Waals surface area contributed by atoms with Crippen LogP contribution in [0.4, 0.5) is 0 Å². The molecule has 0 aliphatic carbocycles. The molecule has 2 aromatic rings. The number of rotatable bonds is 9. The zero-order valence-corrected chi connectivity index (χ0v) is 15.1. The molecule has 0 spiro atoms. The highest BCUT2D eigenvalue weighted by molar-refractivity contribution is 7.76.